The Morgan fingerprint density at radius 1 is 1.69 bits per heavy atom. The van der Waals surface area contributed by atoms with Crippen LogP contribution in [0.25, 0.3) is 0 Å². The maximum absolute atomic E-state index is 3.99. The van der Waals surface area contributed by atoms with Gasteiger partial charge in [0.05, 0.1) is 6.20 Å². The van der Waals surface area contributed by atoms with E-state index in [-0.39, 0.29) is 0 Å². The second-order valence-corrected chi connectivity index (χ2v) is 4.51. The molecule has 2 heterocycles. The molecule has 1 atom stereocenters. The third-order valence-electron chi connectivity index (χ3n) is 2.27. The largest absolute Gasteiger partial charge is 0.314 e. The SMILES string of the molecule is Cc1[c]nccc1C1CNCCS1. The van der Waals surface area contributed by atoms with E-state index >= 15 is 0 Å². The van der Waals surface area contributed by atoms with E-state index in [2.05, 4.69) is 29.5 Å². The summed E-state index contributed by atoms with van der Waals surface area (Å²) in [6, 6.07) is 2.11. The highest BCUT2D eigenvalue weighted by Gasteiger charge is 2.16. The van der Waals surface area contributed by atoms with Crippen molar-refractivity contribution in [3.63, 3.8) is 0 Å². The van der Waals surface area contributed by atoms with Gasteiger partial charge in [0.1, 0.15) is 0 Å². The molecule has 3 heteroatoms. The van der Waals surface area contributed by atoms with Crippen molar-refractivity contribution < 1.29 is 0 Å². The summed E-state index contributed by atoms with van der Waals surface area (Å²) in [6.45, 7) is 4.29. The zero-order chi connectivity index (χ0) is 9.10. The Morgan fingerprint density at radius 2 is 2.62 bits per heavy atom. The fraction of sp³-hybridized carbons (Fsp3) is 0.500. The summed E-state index contributed by atoms with van der Waals surface area (Å²) in [4.78, 5) is 3.99. The predicted molar refractivity (Wildman–Crippen MR) is 55.9 cm³/mol. The van der Waals surface area contributed by atoms with Crippen molar-refractivity contribution in [3.05, 3.63) is 29.6 Å². The molecule has 1 aliphatic rings. The molecule has 0 amide bonds. The van der Waals surface area contributed by atoms with Crippen molar-refractivity contribution in [2.45, 2.75) is 12.2 Å². The maximum Gasteiger partial charge on any atom is 0.0921 e. The van der Waals surface area contributed by atoms with E-state index in [1.807, 2.05) is 18.0 Å². The number of nitrogens with zero attached hydrogens (tertiary/aromatic N) is 1. The minimum absolute atomic E-state index is 0.591. The molecule has 1 saturated heterocycles. The van der Waals surface area contributed by atoms with Gasteiger partial charge in [0, 0.05) is 30.3 Å². The molecule has 1 N–H and O–H groups in total. The summed E-state index contributed by atoms with van der Waals surface area (Å²) in [6.07, 6.45) is 4.84. The third kappa shape index (κ3) is 2.03. The first kappa shape index (κ1) is 9.03. The van der Waals surface area contributed by atoms with E-state index < -0.39 is 0 Å². The minimum atomic E-state index is 0.591. The molecule has 0 spiro atoms. The van der Waals surface area contributed by atoms with Crippen LogP contribution in [0.4, 0.5) is 0 Å². The lowest BCUT2D eigenvalue weighted by Gasteiger charge is -2.23. The summed E-state index contributed by atoms with van der Waals surface area (Å²) in [5.74, 6) is 1.20. The Bertz CT molecular complexity index is 282. The molecule has 2 rings (SSSR count). The summed E-state index contributed by atoms with van der Waals surface area (Å²) in [5.41, 5.74) is 2.57. The minimum Gasteiger partial charge on any atom is -0.314 e. The van der Waals surface area contributed by atoms with Crippen LogP contribution in [0.2, 0.25) is 0 Å². The third-order valence-corrected chi connectivity index (χ3v) is 3.53. The highest BCUT2D eigenvalue weighted by Crippen LogP contribution is 2.31. The van der Waals surface area contributed by atoms with Crippen molar-refractivity contribution in [3.8, 4) is 0 Å². The van der Waals surface area contributed by atoms with E-state index in [1.54, 1.807) is 0 Å². The average Bonchev–Trinajstić information content (AvgIpc) is 2.20. The van der Waals surface area contributed by atoms with Crippen LogP contribution in [-0.4, -0.2) is 23.8 Å². The van der Waals surface area contributed by atoms with Crippen molar-refractivity contribution in [2.24, 2.45) is 0 Å². The van der Waals surface area contributed by atoms with Crippen LogP contribution in [0.1, 0.15) is 16.4 Å². The van der Waals surface area contributed by atoms with Crippen LogP contribution in [0.3, 0.4) is 0 Å². The molecule has 13 heavy (non-hydrogen) atoms. The van der Waals surface area contributed by atoms with Gasteiger partial charge in [-0.05, 0) is 24.1 Å². The van der Waals surface area contributed by atoms with E-state index in [4.69, 9.17) is 0 Å². The molecule has 0 saturated carbocycles. The van der Waals surface area contributed by atoms with Crippen LogP contribution in [0.5, 0.6) is 0 Å². The number of thioether (sulfide) groups is 1. The molecule has 0 bridgehead atoms. The van der Waals surface area contributed by atoms with Crippen LogP contribution in [0, 0.1) is 13.1 Å². The highest BCUT2D eigenvalue weighted by atomic mass is 32.2. The Morgan fingerprint density at radius 3 is 3.31 bits per heavy atom. The van der Waals surface area contributed by atoms with Gasteiger partial charge in [0.15, 0.2) is 0 Å². The normalized spacial score (nSPS) is 23.0. The molecular formula is C10H13N2S. The number of nitrogens with one attached hydrogen (secondary N) is 1. The number of hydrogen-bond acceptors (Lipinski definition) is 3. The van der Waals surface area contributed by atoms with Crippen molar-refractivity contribution in [1.82, 2.24) is 10.3 Å². The van der Waals surface area contributed by atoms with E-state index in [1.165, 1.54) is 16.9 Å². The van der Waals surface area contributed by atoms with Gasteiger partial charge in [-0.3, -0.25) is 4.98 Å². The fourth-order valence-electron chi connectivity index (χ4n) is 1.56. The molecule has 1 aliphatic heterocycles. The molecule has 0 aromatic carbocycles. The van der Waals surface area contributed by atoms with Gasteiger partial charge in [0.2, 0.25) is 0 Å². The second kappa shape index (κ2) is 4.11. The average molecular weight is 193 g/mol. The Hall–Kier alpha value is -0.540. The number of aromatic nitrogens is 1. The summed E-state index contributed by atoms with van der Waals surface area (Å²) >= 11 is 2.02. The fourth-order valence-corrected chi connectivity index (χ4v) is 2.77. The Kier molecular flexibility index (Phi) is 2.86. The molecule has 1 aromatic heterocycles. The Balaban J connectivity index is 2.18. The zero-order valence-electron chi connectivity index (χ0n) is 7.71. The zero-order valence-corrected chi connectivity index (χ0v) is 8.53. The standard InChI is InChI=1S/C10H13N2S/c1-8-6-11-3-2-9(8)10-7-12-4-5-13-10/h2-3,10,12H,4-5,7H2,1H3. The van der Waals surface area contributed by atoms with Gasteiger partial charge in [-0.25, -0.2) is 0 Å². The first-order valence-corrected chi connectivity index (χ1v) is 5.58. The number of hydrogen-bond donors (Lipinski definition) is 1. The van der Waals surface area contributed by atoms with E-state index in [9.17, 15) is 0 Å². The van der Waals surface area contributed by atoms with Crippen molar-refractivity contribution in [2.75, 3.05) is 18.8 Å². The monoisotopic (exact) mass is 193 g/mol. The molecule has 69 valence electrons. The smallest absolute Gasteiger partial charge is 0.0921 e. The van der Waals surface area contributed by atoms with E-state index in [0.717, 1.165) is 13.1 Å². The molecule has 1 radical (unpaired) electrons. The molecule has 2 nitrogen and oxygen atoms in total. The molecule has 1 fully saturated rings. The predicted octanol–water partition coefficient (Wildman–Crippen LogP) is 1.57. The van der Waals surface area contributed by atoms with Crippen LogP contribution < -0.4 is 5.32 Å². The van der Waals surface area contributed by atoms with Crippen molar-refractivity contribution >= 4 is 11.8 Å². The molecule has 1 aromatic rings. The summed E-state index contributed by atoms with van der Waals surface area (Å²) in [5, 5.41) is 4.00. The van der Waals surface area contributed by atoms with Gasteiger partial charge >= 0.3 is 0 Å². The summed E-state index contributed by atoms with van der Waals surface area (Å²) in [7, 11) is 0. The number of rotatable bonds is 1. The first-order valence-electron chi connectivity index (χ1n) is 4.53. The van der Waals surface area contributed by atoms with E-state index in [0.29, 0.717) is 5.25 Å². The van der Waals surface area contributed by atoms with Crippen molar-refractivity contribution in [1.29, 1.82) is 0 Å². The molecule has 1 unspecified atom stereocenters. The maximum atomic E-state index is 3.99. The van der Waals surface area contributed by atoms with Gasteiger partial charge in [-0.1, -0.05) is 0 Å². The van der Waals surface area contributed by atoms with Gasteiger partial charge in [0.25, 0.3) is 0 Å². The van der Waals surface area contributed by atoms with Gasteiger partial charge in [-0.15, -0.1) is 0 Å². The van der Waals surface area contributed by atoms with Gasteiger partial charge < -0.3 is 5.32 Å². The number of pyridine rings is 1. The van der Waals surface area contributed by atoms with Crippen LogP contribution in [-0.2, 0) is 0 Å². The van der Waals surface area contributed by atoms with Crippen LogP contribution in [0.15, 0.2) is 12.3 Å². The first-order chi connectivity index (χ1) is 6.38. The van der Waals surface area contributed by atoms with Crippen LogP contribution >= 0.6 is 11.8 Å². The topological polar surface area (TPSA) is 24.9 Å². The quantitative estimate of drug-likeness (QED) is 0.733. The number of aryl methyl sites for hydroxylation is 1. The molecular weight excluding hydrogens is 180 g/mol. The summed E-state index contributed by atoms with van der Waals surface area (Å²) < 4.78 is 0. The lowest BCUT2D eigenvalue weighted by Crippen LogP contribution is -2.28. The molecule has 0 aliphatic carbocycles. The second-order valence-electron chi connectivity index (χ2n) is 3.20. The lowest BCUT2D eigenvalue weighted by atomic mass is 10.1. The lowest BCUT2D eigenvalue weighted by molar-refractivity contribution is 0.687. The highest BCUT2D eigenvalue weighted by molar-refractivity contribution is 7.99. The Labute approximate surface area is 83.1 Å². The van der Waals surface area contributed by atoms with Gasteiger partial charge in [-0.2, -0.15) is 11.8 Å².